The molecule has 1 fully saturated rings. The Morgan fingerprint density at radius 1 is 1.28 bits per heavy atom. The lowest BCUT2D eigenvalue weighted by molar-refractivity contribution is -0.227. The molecule has 1 aliphatic rings. The van der Waals surface area contributed by atoms with Crippen LogP contribution in [0.5, 0.6) is 5.75 Å². The zero-order valence-electron chi connectivity index (χ0n) is 13.8. The van der Waals surface area contributed by atoms with Gasteiger partial charge in [0, 0.05) is 18.7 Å². The van der Waals surface area contributed by atoms with Crippen molar-refractivity contribution in [1.29, 1.82) is 0 Å². The molecule has 2 rings (SSSR count). The summed E-state index contributed by atoms with van der Waals surface area (Å²) in [6, 6.07) is 6.09. The summed E-state index contributed by atoms with van der Waals surface area (Å²) in [5.74, 6) is -2.00. The summed E-state index contributed by atoms with van der Waals surface area (Å²) < 4.78 is 45.0. The molecule has 0 aromatic heterocycles. The van der Waals surface area contributed by atoms with Crippen LogP contribution in [-0.2, 0) is 4.79 Å². The number of hydrogen-bond acceptors (Lipinski definition) is 3. The van der Waals surface area contributed by atoms with Gasteiger partial charge in [-0.05, 0) is 37.1 Å². The van der Waals surface area contributed by atoms with Crippen molar-refractivity contribution in [2.24, 2.45) is 5.41 Å². The highest BCUT2D eigenvalue weighted by molar-refractivity contribution is 5.95. The van der Waals surface area contributed by atoms with Crippen LogP contribution in [0.1, 0.15) is 36.5 Å². The van der Waals surface area contributed by atoms with Gasteiger partial charge in [-0.2, -0.15) is 13.2 Å². The van der Waals surface area contributed by atoms with E-state index in [1.807, 2.05) is 6.92 Å². The zero-order chi connectivity index (χ0) is 18.7. The van der Waals surface area contributed by atoms with Gasteiger partial charge < -0.3 is 14.7 Å². The summed E-state index contributed by atoms with van der Waals surface area (Å²) in [5, 5.41) is 9.03. The fourth-order valence-corrected chi connectivity index (χ4v) is 2.72. The van der Waals surface area contributed by atoms with Crippen LogP contribution in [0.4, 0.5) is 13.2 Å². The van der Waals surface area contributed by atoms with Gasteiger partial charge in [0.2, 0.25) is 0 Å². The van der Waals surface area contributed by atoms with Crippen molar-refractivity contribution in [3.05, 3.63) is 29.8 Å². The van der Waals surface area contributed by atoms with Crippen molar-refractivity contribution in [1.82, 2.24) is 4.90 Å². The van der Waals surface area contributed by atoms with E-state index < -0.39 is 36.4 Å². The summed E-state index contributed by atoms with van der Waals surface area (Å²) in [4.78, 5) is 24.5. The highest BCUT2D eigenvalue weighted by atomic mass is 19.4. The quantitative estimate of drug-likeness (QED) is 0.791. The van der Waals surface area contributed by atoms with E-state index in [0.717, 1.165) is 17.7 Å². The zero-order valence-corrected chi connectivity index (χ0v) is 13.8. The maximum atomic E-state index is 13.2. The minimum absolute atomic E-state index is 0.200. The summed E-state index contributed by atoms with van der Waals surface area (Å²) >= 11 is 0. The van der Waals surface area contributed by atoms with E-state index in [4.69, 9.17) is 9.84 Å². The van der Waals surface area contributed by atoms with Gasteiger partial charge in [0.05, 0.1) is 6.61 Å². The molecule has 1 saturated heterocycles. The third-order valence-electron chi connectivity index (χ3n) is 4.38. The number of benzene rings is 1. The van der Waals surface area contributed by atoms with Gasteiger partial charge >= 0.3 is 12.1 Å². The van der Waals surface area contributed by atoms with Crippen LogP contribution in [0.25, 0.3) is 0 Å². The van der Waals surface area contributed by atoms with E-state index in [-0.39, 0.29) is 12.1 Å². The van der Waals surface area contributed by atoms with Crippen LogP contribution in [-0.4, -0.2) is 47.8 Å². The van der Waals surface area contributed by atoms with Crippen LogP contribution < -0.4 is 4.74 Å². The highest BCUT2D eigenvalue weighted by Crippen LogP contribution is 2.46. The minimum Gasteiger partial charge on any atom is -0.494 e. The molecule has 0 bridgehead atoms. The Bertz CT molecular complexity index is 630. The van der Waals surface area contributed by atoms with Gasteiger partial charge in [-0.3, -0.25) is 9.59 Å². The Kier molecular flexibility index (Phi) is 5.59. The average Bonchev–Trinajstić information content (AvgIpc) is 3.02. The highest BCUT2D eigenvalue weighted by Gasteiger charge is 2.64. The first-order valence-electron chi connectivity index (χ1n) is 8.03. The molecule has 1 aliphatic heterocycles. The first-order valence-corrected chi connectivity index (χ1v) is 8.03. The summed E-state index contributed by atoms with van der Waals surface area (Å²) in [6.07, 6.45) is -3.68. The second-order valence-corrected chi connectivity index (χ2v) is 6.09. The fraction of sp³-hybridized carbons (Fsp3) is 0.529. The maximum absolute atomic E-state index is 13.2. The molecule has 1 heterocycles. The lowest BCUT2D eigenvalue weighted by Gasteiger charge is -2.27. The lowest BCUT2D eigenvalue weighted by Crippen LogP contribution is -2.47. The number of carboxylic acids is 1. The number of aliphatic carboxylic acids is 1. The molecule has 0 saturated carbocycles. The number of alkyl halides is 3. The second-order valence-electron chi connectivity index (χ2n) is 6.09. The van der Waals surface area contributed by atoms with E-state index in [0.29, 0.717) is 12.4 Å². The summed E-state index contributed by atoms with van der Waals surface area (Å²) in [7, 11) is 0. The molecule has 5 nitrogen and oxygen atoms in total. The Labute approximate surface area is 143 Å². The Morgan fingerprint density at radius 2 is 1.92 bits per heavy atom. The number of carboxylic acid groups (broad SMARTS) is 1. The molecule has 0 spiro atoms. The molecule has 1 amide bonds. The van der Waals surface area contributed by atoms with Gasteiger partial charge in [0.25, 0.3) is 5.91 Å². The molecule has 138 valence electrons. The number of amides is 1. The lowest BCUT2D eigenvalue weighted by atomic mass is 9.86. The molecule has 1 unspecified atom stereocenters. The third-order valence-corrected chi connectivity index (χ3v) is 4.38. The number of nitrogens with zero attached hydrogens (tertiary/aromatic N) is 1. The maximum Gasteiger partial charge on any atom is 0.406 e. The normalized spacial score (nSPS) is 20.6. The monoisotopic (exact) mass is 359 g/mol. The van der Waals surface area contributed by atoms with Crippen molar-refractivity contribution >= 4 is 11.9 Å². The Morgan fingerprint density at radius 3 is 2.40 bits per heavy atom. The number of hydrogen-bond donors (Lipinski definition) is 1. The van der Waals surface area contributed by atoms with Gasteiger partial charge in [-0.15, -0.1) is 0 Å². The van der Waals surface area contributed by atoms with Crippen LogP contribution in [0.15, 0.2) is 24.3 Å². The molecule has 1 N–H and O–H groups in total. The largest absolute Gasteiger partial charge is 0.494 e. The number of rotatable bonds is 6. The van der Waals surface area contributed by atoms with E-state index in [1.54, 1.807) is 12.1 Å². The molecular weight excluding hydrogens is 339 g/mol. The van der Waals surface area contributed by atoms with Crippen LogP contribution >= 0.6 is 0 Å². The van der Waals surface area contributed by atoms with Gasteiger partial charge in [0.15, 0.2) is 5.41 Å². The van der Waals surface area contributed by atoms with E-state index in [1.165, 1.54) is 12.1 Å². The van der Waals surface area contributed by atoms with Crippen molar-refractivity contribution in [2.45, 2.75) is 32.4 Å². The predicted molar refractivity (Wildman–Crippen MR) is 83.5 cm³/mol. The number of carbonyl (C=O) groups excluding carboxylic acids is 1. The number of halogens is 3. The topological polar surface area (TPSA) is 66.8 Å². The van der Waals surface area contributed by atoms with Crippen LogP contribution in [0, 0.1) is 5.41 Å². The van der Waals surface area contributed by atoms with E-state index in [9.17, 15) is 22.8 Å². The molecule has 1 aromatic carbocycles. The van der Waals surface area contributed by atoms with Gasteiger partial charge in [-0.25, -0.2) is 0 Å². The number of carbonyl (C=O) groups is 2. The summed E-state index contributed by atoms with van der Waals surface area (Å²) in [5.41, 5.74) is -2.70. The molecule has 1 atom stereocenters. The van der Waals surface area contributed by atoms with E-state index in [2.05, 4.69) is 0 Å². The molecule has 0 aliphatic carbocycles. The standard InChI is InChI=1S/C17H20F3NO4/c1-2-3-10-25-13-6-4-12(5-7-13)14(22)21-9-8-16(11-21,15(23)24)17(18,19)20/h4-7H,2-3,8-11H2,1H3,(H,23,24). The molecular formula is C17H20F3NO4. The fourth-order valence-electron chi connectivity index (χ4n) is 2.72. The predicted octanol–water partition coefficient (Wildman–Crippen LogP) is 3.34. The number of likely N-dealkylation sites (tertiary alicyclic amines) is 1. The summed E-state index contributed by atoms with van der Waals surface area (Å²) in [6.45, 7) is 1.45. The van der Waals surface area contributed by atoms with Crippen molar-refractivity contribution in [3.8, 4) is 5.75 Å². The average molecular weight is 359 g/mol. The third kappa shape index (κ3) is 3.88. The van der Waals surface area contributed by atoms with Crippen LogP contribution in [0.3, 0.4) is 0 Å². The smallest absolute Gasteiger partial charge is 0.406 e. The van der Waals surface area contributed by atoms with Crippen molar-refractivity contribution in [2.75, 3.05) is 19.7 Å². The van der Waals surface area contributed by atoms with Crippen molar-refractivity contribution in [3.63, 3.8) is 0 Å². The molecule has 25 heavy (non-hydrogen) atoms. The number of ether oxygens (including phenoxy) is 1. The van der Waals surface area contributed by atoms with Gasteiger partial charge in [0.1, 0.15) is 5.75 Å². The molecule has 8 heteroatoms. The van der Waals surface area contributed by atoms with Crippen LogP contribution in [0.2, 0.25) is 0 Å². The molecule has 1 aromatic rings. The Hall–Kier alpha value is -2.25. The second kappa shape index (κ2) is 7.33. The van der Waals surface area contributed by atoms with Crippen molar-refractivity contribution < 1.29 is 32.6 Å². The van der Waals surface area contributed by atoms with Gasteiger partial charge in [-0.1, -0.05) is 13.3 Å². The SMILES string of the molecule is CCCCOc1ccc(C(=O)N2CCC(C(=O)O)(C(F)(F)F)C2)cc1. The first kappa shape index (κ1) is 19.1. The Balaban J connectivity index is 2.08. The van der Waals surface area contributed by atoms with E-state index >= 15 is 0 Å². The number of unbranched alkanes of at least 4 members (excludes halogenated alkanes) is 1. The first-order chi connectivity index (χ1) is 11.7. The minimum atomic E-state index is -4.91. The molecule has 0 radical (unpaired) electrons.